The maximum Gasteiger partial charge on any atom is 0.326 e. The topological polar surface area (TPSA) is 268 Å². The number of carbonyl (C=O) groups excluding carboxylic acids is 4. The summed E-state index contributed by atoms with van der Waals surface area (Å²) in [5.41, 5.74) is 10.4. The Hall–Kier alpha value is -3.75. The van der Waals surface area contributed by atoms with Gasteiger partial charge >= 0.3 is 17.9 Å². The van der Waals surface area contributed by atoms with Gasteiger partial charge in [0, 0.05) is 6.42 Å². The zero-order valence-electron chi connectivity index (χ0n) is 16.5. The third kappa shape index (κ3) is 11.1. The molecule has 0 aliphatic rings. The summed E-state index contributed by atoms with van der Waals surface area (Å²) in [6, 6.07) is -6.08. The monoisotopic (exact) mass is 447 g/mol. The molecule has 4 unspecified atom stereocenters. The molecule has 15 nitrogen and oxygen atoms in total. The molecule has 0 radical (unpaired) electrons. The Bertz CT molecular complexity index is 738. The number of nitrogens with two attached hydrogens (primary N) is 2. The molecule has 0 aromatic heterocycles. The minimum Gasteiger partial charge on any atom is -0.481 e. The molecule has 0 aliphatic carbocycles. The maximum atomic E-state index is 12.5. The van der Waals surface area contributed by atoms with E-state index in [2.05, 4.69) is 10.6 Å². The van der Waals surface area contributed by atoms with Gasteiger partial charge in [-0.15, -0.1) is 0 Å². The van der Waals surface area contributed by atoms with Crippen LogP contribution in [0.25, 0.3) is 0 Å². The van der Waals surface area contributed by atoms with Gasteiger partial charge in [-0.3, -0.25) is 28.8 Å². The lowest BCUT2D eigenvalue weighted by Gasteiger charge is -2.24. The fraction of sp³-hybridized carbons (Fsp3) is 0.562. The van der Waals surface area contributed by atoms with Crippen molar-refractivity contribution in [1.29, 1.82) is 0 Å². The molecule has 0 heterocycles. The van der Waals surface area contributed by atoms with E-state index < -0.39 is 85.0 Å². The zero-order chi connectivity index (χ0) is 24.3. The van der Waals surface area contributed by atoms with Crippen molar-refractivity contribution in [2.24, 2.45) is 11.5 Å². The van der Waals surface area contributed by atoms with Crippen LogP contribution in [0.1, 0.15) is 32.6 Å². The quantitative estimate of drug-likeness (QED) is 0.127. The van der Waals surface area contributed by atoms with Crippen molar-refractivity contribution >= 4 is 41.5 Å². The molecule has 0 bridgehead atoms. The van der Waals surface area contributed by atoms with Crippen molar-refractivity contribution in [1.82, 2.24) is 16.0 Å². The standard InChI is InChI=1S/C16H25N5O10/c1-6(17)13(27)19-7(2-3-11(23)24)14(28)20-8(4-10(18)22)15(29)21-9(16(30)31)5-12(25)26/h6-9H,2-5,17H2,1H3,(H2,18,22)(H,19,27)(H,20,28)(H,21,29)(H,23,24)(H,25,26)(H,30,31). The normalized spacial score (nSPS) is 14.3. The molecule has 0 aliphatic heterocycles. The van der Waals surface area contributed by atoms with Gasteiger partial charge in [0.1, 0.15) is 18.1 Å². The Kier molecular flexibility index (Phi) is 11.2. The van der Waals surface area contributed by atoms with Crippen LogP contribution in [-0.4, -0.2) is 81.0 Å². The van der Waals surface area contributed by atoms with E-state index in [1.165, 1.54) is 6.92 Å². The number of hydrogen-bond acceptors (Lipinski definition) is 8. The summed E-state index contributed by atoms with van der Waals surface area (Å²) in [5, 5.41) is 32.7. The summed E-state index contributed by atoms with van der Waals surface area (Å²) in [7, 11) is 0. The van der Waals surface area contributed by atoms with Gasteiger partial charge in [0.2, 0.25) is 23.6 Å². The average Bonchev–Trinajstić information content (AvgIpc) is 2.62. The Balaban J connectivity index is 5.51. The lowest BCUT2D eigenvalue weighted by atomic mass is 10.1. The highest BCUT2D eigenvalue weighted by molar-refractivity contribution is 5.96. The fourth-order valence-electron chi connectivity index (χ4n) is 2.17. The molecule has 0 spiro atoms. The molecule has 174 valence electrons. The van der Waals surface area contributed by atoms with Crippen molar-refractivity contribution < 1.29 is 48.9 Å². The van der Waals surface area contributed by atoms with Crippen molar-refractivity contribution in [3.05, 3.63) is 0 Å². The summed E-state index contributed by atoms with van der Waals surface area (Å²) >= 11 is 0. The SMILES string of the molecule is CC(N)C(=O)NC(CCC(=O)O)C(=O)NC(CC(N)=O)C(=O)NC(CC(=O)O)C(=O)O. The molecule has 4 amide bonds. The molecule has 15 heteroatoms. The molecule has 0 saturated heterocycles. The van der Waals surface area contributed by atoms with E-state index in [4.69, 9.17) is 26.8 Å². The summed E-state index contributed by atoms with van der Waals surface area (Å²) < 4.78 is 0. The third-order valence-corrected chi connectivity index (χ3v) is 3.73. The third-order valence-electron chi connectivity index (χ3n) is 3.73. The second kappa shape index (κ2) is 12.7. The van der Waals surface area contributed by atoms with E-state index in [0.717, 1.165) is 0 Å². The van der Waals surface area contributed by atoms with Gasteiger partial charge in [0.15, 0.2) is 0 Å². The van der Waals surface area contributed by atoms with Crippen LogP contribution in [0.5, 0.6) is 0 Å². The molecule has 0 saturated carbocycles. The summed E-state index contributed by atoms with van der Waals surface area (Å²) in [4.78, 5) is 80.5. The molecule has 0 fully saturated rings. The van der Waals surface area contributed by atoms with Crippen molar-refractivity contribution in [3.8, 4) is 0 Å². The molecule has 4 atom stereocenters. The predicted octanol–water partition coefficient (Wildman–Crippen LogP) is -3.91. The molecular weight excluding hydrogens is 422 g/mol. The van der Waals surface area contributed by atoms with Crippen LogP contribution >= 0.6 is 0 Å². The minimum absolute atomic E-state index is 0.388. The first kappa shape index (κ1) is 27.2. The maximum absolute atomic E-state index is 12.5. The van der Waals surface area contributed by atoms with Gasteiger partial charge in [-0.25, -0.2) is 4.79 Å². The van der Waals surface area contributed by atoms with E-state index in [1.54, 1.807) is 0 Å². The van der Waals surface area contributed by atoms with Gasteiger partial charge in [0.25, 0.3) is 0 Å². The summed E-state index contributed by atoms with van der Waals surface area (Å²) in [6.07, 6.45) is -2.70. The second-order valence-electron chi connectivity index (χ2n) is 6.51. The fourth-order valence-corrected chi connectivity index (χ4v) is 2.17. The number of nitrogens with one attached hydrogen (secondary N) is 3. The van der Waals surface area contributed by atoms with Crippen molar-refractivity contribution in [2.75, 3.05) is 0 Å². The Labute approximate surface area is 175 Å². The predicted molar refractivity (Wildman–Crippen MR) is 100 cm³/mol. The van der Waals surface area contributed by atoms with E-state index in [9.17, 15) is 33.6 Å². The Morgan fingerprint density at radius 3 is 1.65 bits per heavy atom. The van der Waals surface area contributed by atoms with Gasteiger partial charge in [-0.1, -0.05) is 0 Å². The van der Waals surface area contributed by atoms with E-state index in [1.807, 2.05) is 5.32 Å². The number of carboxylic acids is 3. The summed E-state index contributed by atoms with van der Waals surface area (Å²) in [5.74, 6) is -8.64. The number of carbonyl (C=O) groups is 7. The Morgan fingerprint density at radius 2 is 1.23 bits per heavy atom. The first-order valence-corrected chi connectivity index (χ1v) is 8.86. The smallest absolute Gasteiger partial charge is 0.326 e. The largest absolute Gasteiger partial charge is 0.481 e. The first-order valence-electron chi connectivity index (χ1n) is 8.86. The van der Waals surface area contributed by atoms with Crippen LogP contribution in [0.15, 0.2) is 0 Å². The molecule has 0 aromatic carbocycles. The van der Waals surface area contributed by atoms with Crippen LogP contribution < -0.4 is 27.4 Å². The Morgan fingerprint density at radius 1 is 0.742 bits per heavy atom. The minimum atomic E-state index is -1.86. The van der Waals surface area contributed by atoms with E-state index in [-0.39, 0.29) is 6.42 Å². The highest BCUT2D eigenvalue weighted by Crippen LogP contribution is 2.03. The highest BCUT2D eigenvalue weighted by atomic mass is 16.4. The van der Waals surface area contributed by atoms with Crippen molar-refractivity contribution in [3.63, 3.8) is 0 Å². The molecule has 0 rings (SSSR count). The van der Waals surface area contributed by atoms with Crippen LogP contribution in [0.3, 0.4) is 0 Å². The van der Waals surface area contributed by atoms with E-state index >= 15 is 0 Å². The van der Waals surface area contributed by atoms with Gasteiger partial charge < -0.3 is 42.7 Å². The van der Waals surface area contributed by atoms with Gasteiger partial charge in [0.05, 0.1) is 18.9 Å². The second-order valence-corrected chi connectivity index (χ2v) is 6.51. The molecular formula is C16H25N5O10. The lowest BCUT2D eigenvalue weighted by Crippen LogP contribution is -2.57. The lowest BCUT2D eigenvalue weighted by molar-refractivity contribution is -0.147. The number of carboxylic acid groups (broad SMARTS) is 3. The van der Waals surface area contributed by atoms with Crippen LogP contribution in [0, 0.1) is 0 Å². The molecule has 0 aromatic rings. The number of primary amides is 1. The highest BCUT2D eigenvalue weighted by Gasteiger charge is 2.31. The average molecular weight is 447 g/mol. The summed E-state index contributed by atoms with van der Waals surface area (Å²) in [6.45, 7) is 1.30. The van der Waals surface area contributed by atoms with Crippen LogP contribution in [-0.2, 0) is 33.6 Å². The van der Waals surface area contributed by atoms with Crippen LogP contribution in [0.2, 0.25) is 0 Å². The molecule has 10 N–H and O–H groups in total. The zero-order valence-corrected chi connectivity index (χ0v) is 16.5. The van der Waals surface area contributed by atoms with Crippen LogP contribution in [0.4, 0.5) is 0 Å². The van der Waals surface area contributed by atoms with E-state index in [0.29, 0.717) is 0 Å². The van der Waals surface area contributed by atoms with Gasteiger partial charge in [-0.2, -0.15) is 0 Å². The van der Waals surface area contributed by atoms with Gasteiger partial charge in [-0.05, 0) is 13.3 Å². The first-order chi connectivity index (χ1) is 14.2. The van der Waals surface area contributed by atoms with Crippen molar-refractivity contribution in [2.45, 2.75) is 56.8 Å². The number of aliphatic carboxylic acids is 3. The number of rotatable bonds is 14. The molecule has 31 heavy (non-hydrogen) atoms. The number of hydrogen-bond donors (Lipinski definition) is 8. The number of amides is 4.